The van der Waals surface area contributed by atoms with Crippen LogP contribution in [0.4, 0.5) is 0 Å². The van der Waals surface area contributed by atoms with Gasteiger partial charge in [0.1, 0.15) is 17.3 Å². The standard InChI is InChI=1S/C31H40O11/c1-14-11-29(37-4)25(35)26(39-14)40-18-9-16-10-20-31(42-20)23(27(16,2)12-19(18)41-29)22(33)24(34)28(3)17(7-8-30(28,31)36)15-5-6-21(32)38-13-15/h5-6,13-14,16-20,22-23,25-26,33,35-36H,7-12H2,1-4H3/t14-,16+,17+,18+,19+,20-,22-,23+,25-,26-,27-,28-,29-,30+,31-/m0/s1. The van der Waals surface area contributed by atoms with Gasteiger partial charge >= 0.3 is 5.63 Å². The van der Waals surface area contributed by atoms with Crippen LogP contribution in [0.3, 0.4) is 0 Å². The molecule has 7 aliphatic rings. The molecule has 0 unspecified atom stereocenters. The van der Waals surface area contributed by atoms with E-state index in [4.69, 9.17) is 28.1 Å². The Bertz CT molecular complexity index is 1360. The fourth-order valence-electron chi connectivity index (χ4n) is 10.8. The van der Waals surface area contributed by atoms with Crippen LogP contribution in [0, 0.1) is 22.7 Å². The largest absolute Gasteiger partial charge is 0.431 e. The molecule has 42 heavy (non-hydrogen) atoms. The van der Waals surface area contributed by atoms with Gasteiger partial charge in [-0.1, -0.05) is 6.92 Å². The third kappa shape index (κ3) is 3.09. The highest BCUT2D eigenvalue weighted by Crippen LogP contribution is 2.77. The number of methoxy groups -OCH3 is 1. The summed E-state index contributed by atoms with van der Waals surface area (Å²) >= 11 is 0. The Morgan fingerprint density at radius 1 is 1.02 bits per heavy atom. The molecule has 3 N–H and O–H groups in total. The van der Waals surface area contributed by atoms with Crippen molar-refractivity contribution in [3.8, 4) is 0 Å². The van der Waals surface area contributed by atoms with Crippen LogP contribution in [0.5, 0.6) is 0 Å². The fraction of sp³-hybridized carbons (Fsp3) is 0.806. The molecule has 0 aromatic carbocycles. The Hall–Kier alpha value is -1.70. The molecule has 4 saturated carbocycles. The van der Waals surface area contributed by atoms with Crippen molar-refractivity contribution in [2.24, 2.45) is 22.7 Å². The predicted molar refractivity (Wildman–Crippen MR) is 142 cm³/mol. The van der Waals surface area contributed by atoms with E-state index in [2.05, 4.69) is 6.92 Å². The molecule has 4 heterocycles. The van der Waals surface area contributed by atoms with Crippen molar-refractivity contribution in [1.82, 2.24) is 0 Å². The Kier molecular flexibility index (Phi) is 5.64. The van der Waals surface area contributed by atoms with Gasteiger partial charge in [0.05, 0.1) is 36.1 Å². The normalized spacial score (nSPS) is 57.6. The molecule has 1 aromatic rings. The second-order valence-electron chi connectivity index (χ2n) is 14.4. The lowest BCUT2D eigenvalue weighted by Gasteiger charge is -2.63. The minimum atomic E-state index is -1.53. The van der Waals surface area contributed by atoms with Crippen molar-refractivity contribution in [1.29, 1.82) is 0 Å². The third-order valence-corrected chi connectivity index (χ3v) is 12.8. The summed E-state index contributed by atoms with van der Waals surface area (Å²) in [6, 6.07) is 2.97. The number of carbonyl (C=O) groups is 1. The summed E-state index contributed by atoms with van der Waals surface area (Å²) in [5.41, 5.74) is -4.45. The van der Waals surface area contributed by atoms with Crippen LogP contribution >= 0.6 is 0 Å². The highest BCUT2D eigenvalue weighted by Gasteiger charge is 2.88. The lowest BCUT2D eigenvalue weighted by molar-refractivity contribution is -0.351. The number of hydrogen-bond donors (Lipinski definition) is 3. The average Bonchev–Trinajstić information content (AvgIpc) is 3.61. The van der Waals surface area contributed by atoms with Crippen LogP contribution in [0.1, 0.15) is 70.8 Å². The van der Waals surface area contributed by atoms with Gasteiger partial charge in [0.15, 0.2) is 18.2 Å². The number of rotatable bonds is 2. The van der Waals surface area contributed by atoms with Crippen LogP contribution in [-0.4, -0.2) is 88.1 Å². The van der Waals surface area contributed by atoms with E-state index < -0.39 is 75.7 Å². The first-order valence-corrected chi connectivity index (χ1v) is 15.3. The first-order valence-electron chi connectivity index (χ1n) is 15.3. The SMILES string of the molecule is CO[C@@]12C[C@H](C)O[C@@H](O[C@@H]3C[C@@H]4C[C@@H]5O[C@]56[C@H]([C@H](O)C(=O)[C@]5(C)[C@@H](c7ccc(=O)oc7)CC[C@]65O)[C@@]4(C)C[C@H]3O1)[C@@H]2O. The smallest absolute Gasteiger partial charge is 0.335 e. The van der Waals surface area contributed by atoms with Crippen molar-refractivity contribution < 1.29 is 48.2 Å². The van der Waals surface area contributed by atoms with Gasteiger partial charge in [0, 0.05) is 31.4 Å². The van der Waals surface area contributed by atoms with Gasteiger partial charge in [-0.05, 0) is 68.9 Å². The fourth-order valence-corrected chi connectivity index (χ4v) is 10.8. The molecular formula is C31H40O11. The zero-order valence-corrected chi connectivity index (χ0v) is 24.4. The summed E-state index contributed by atoms with van der Waals surface area (Å²) in [5.74, 6) is -2.82. The van der Waals surface area contributed by atoms with Gasteiger partial charge in [-0.2, -0.15) is 0 Å². The zero-order chi connectivity index (χ0) is 29.6. The van der Waals surface area contributed by atoms with E-state index in [-0.39, 0.29) is 24.2 Å². The molecule has 4 aliphatic carbocycles. The number of carbonyl (C=O) groups excluding carboxylic acids is 1. The van der Waals surface area contributed by atoms with Crippen LogP contribution < -0.4 is 5.63 Å². The minimum absolute atomic E-state index is 0.00925. The Morgan fingerprint density at radius 3 is 2.52 bits per heavy atom. The molecule has 1 aromatic heterocycles. The summed E-state index contributed by atoms with van der Waals surface area (Å²) in [6.07, 6.45) is -0.738. The summed E-state index contributed by atoms with van der Waals surface area (Å²) in [5, 5.41) is 35.9. The van der Waals surface area contributed by atoms with Crippen LogP contribution in [0.15, 0.2) is 27.6 Å². The molecule has 230 valence electrons. The van der Waals surface area contributed by atoms with E-state index >= 15 is 0 Å². The molecule has 0 radical (unpaired) electrons. The van der Waals surface area contributed by atoms with Gasteiger partial charge in [-0.25, -0.2) is 4.79 Å². The van der Waals surface area contributed by atoms with Crippen molar-refractivity contribution >= 4 is 5.78 Å². The monoisotopic (exact) mass is 588 g/mol. The molecule has 3 aliphatic heterocycles. The van der Waals surface area contributed by atoms with Gasteiger partial charge < -0.3 is 43.4 Å². The number of Topliss-reactive ketones (excluding diaryl/α,β-unsaturated/α-hetero) is 1. The maximum absolute atomic E-state index is 14.4. The summed E-state index contributed by atoms with van der Waals surface area (Å²) in [4.78, 5) is 26.1. The number of hydrogen-bond acceptors (Lipinski definition) is 11. The molecule has 3 saturated heterocycles. The van der Waals surface area contributed by atoms with E-state index in [1.54, 1.807) is 13.0 Å². The van der Waals surface area contributed by atoms with Crippen molar-refractivity contribution in [3.63, 3.8) is 0 Å². The van der Waals surface area contributed by atoms with Gasteiger partial charge in [-0.3, -0.25) is 4.79 Å². The Labute approximate surface area is 243 Å². The Balaban J connectivity index is 1.18. The molecule has 1 spiro atoms. The third-order valence-electron chi connectivity index (χ3n) is 12.8. The van der Waals surface area contributed by atoms with Crippen molar-refractivity contribution in [2.45, 2.75) is 125 Å². The van der Waals surface area contributed by atoms with E-state index in [1.807, 2.05) is 6.92 Å². The summed E-state index contributed by atoms with van der Waals surface area (Å²) in [7, 11) is 1.51. The maximum atomic E-state index is 14.4. The first-order chi connectivity index (χ1) is 19.8. The Morgan fingerprint density at radius 2 is 1.81 bits per heavy atom. The lowest BCUT2D eigenvalue weighted by atomic mass is 9.41. The van der Waals surface area contributed by atoms with Crippen molar-refractivity contribution in [3.05, 3.63) is 34.4 Å². The van der Waals surface area contributed by atoms with Crippen LogP contribution in [0.2, 0.25) is 0 Å². The molecule has 11 nitrogen and oxygen atoms in total. The number of aliphatic hydroxyl groups excluding tert-OH is 2. The van der Waals surface area contributed by atoms with Crippen molar-refractivity contribution in [2.75, 3.05) is 7.11 Å². The molecule has 11 heteroatoms. The lowest BCUT2D eigenvalue weighted by Crippen LogP contribution is -2.76. The van der Waals surface area contributed by atoms with Crippen LogP contribution in [0.25, 0.3) is 0 Å². The molecule has 7 fully saturated rings. The zero-order valence-electron chi connectivity index (χ0n) is 24.4. The van der Waals surface area contributed by atoms with Gasteiger partial charge in [0.2, 0.25) is 5.79 Å². The van der Waals surface area contributed by atoms with Gasteiger partial charge in [-0.15, -0.1) is 0 Å². The van der Waals surface area contributed by atoms with E-state index in [9.17, 15) is 24.9 Å². The highest BCUT2D eigenvalue weighted by molar-refractivity contribution is 5.94. The number of ether oxygens (including phenoxy) is 5. The second kappa shape index (κ2) is 8.51. The van der Waals surface area contributed by atoms with Crippen LogP contribution in [-0.2, 0) is 28.5 Å². The highest BCUT2D eigenvalue weighted by atomic mass is 16.8. The number of ketones is 1. The second-order valence-corrected chi connectivity index (χ2v) is 14.4. The number of epoxide rings is 1. The topological polar surface area (TPSA) is 157 Å². The predicted octanol–water partition coefficient (Wildman–Crippen LogP) is 1.39. The molecule has 0 amide bonds. The van der Waals surface area contributed by atoms with Gasteiger partial charge in [0.25, 0.3) is 0 Å². The number of aliphatic hydroxyl groups is 3. The molecule has 2 bridgehead atoms. The van der Waals surface area contributed by atoms with E-state index in [1.165, 1.54) is 19.4 Å². The summed E-state index contributed by atoms with van der Waals surface area (Å²) < 4.78 is 36.5. The first kappa shape index (κ1) is 27.8. The quantitative estimate of drug-likeness (QED) is 0.339. The molecule has 8 rings (SSSR count). The van der Waals surface area contributed by atoms with E-state index in [0.717, 1.165) is 0 Å². The summed E-state index contributed by atoms with van der Waals surface area (Å²) in [6.45, 7) is 5.71. The minimum Gasteiger partial charge on any atom is -0.431 e. The molecular weight excluding hydrogens is 548 g/mol. The maximum Gasteiger partial charge on any atom is 0.335 e. The average molecular weight is 589 g/mol. The van der Waals surface area contributed by atoms with E-state index in [0.29, 0.717) is 44.1 Å². The number of fused-ring (bicyclic) bond motifs is 6. The molecule has 15 atom stereocenters.